The average molecular weight is 725 g/mol. The van der Waals surface area contributed by atoms with Crippen LogP contribution in [0.1, 0.15) is 42.5 Å². The molecule has 0 spiro atoms. The van der Waals surface area contributed by atoms with Gasteiger partial charge in [0, 0.05) is 58.2 Å². The van der Waals surface area contributed by atoms with Crippen molar-refractivity contribution in [2.24, 2.45) is 14.1 Å². The predicted octanol–water partition coefficient (Wildman–Crippen LogP) is 4.74. The molecule has 0 aliphatic carbocycles. The highest BCUT2D eigenvalue weighted by atomic mass is 19.4. The Morgan fingerprint density at radius 2 is 1.38 bits per heavy atom. The molecule has 16 heteroatoms. The van der Waals surface area contributed by atoms with Crippen molar-refractivity contribution in [1.29, 1.82) is 0 Å². The molecule has 0 unspecified atom stereocenters. The van der Waals surface area contributed by atoms with Gasteiger partial charge in [0.2, 0.25) is 0 Å². The first kappa shape index (κ1) is 38.9. The molecule has 1 fully saturated rings. The Balaban J connectivity index is 0.000000785. The van der Waals surface area contributed by atoms with Gasteiger partial charge in [-0.05, 0) is 47.5 Å². The zero-order valence-corrected chi connectivity index (χ0v) is 28.7. The Morgan fingerprint density at radius 3 is 1.96 bits per heavy atom. The zero-order valence-electron chi connectivity index (χ0n) is 28.7. The summed E-state index contributed by atoms with van der Waals surface area (Å²) >= 11 is 0. The van der Waals surface area contributed by atoms with Crippen molar-refractivity contribution < 1.29 is 46.9 Å². The first-order chi connectivity index (χ1) is 24.7. The minimum absolute atomic E-state index is 0.212. The number of benzene rings is 2. The lowest BCUT2D eigenvalue weighted by atomic mass is 10.1. The van der Waals surface area contributed by atoms with E-state index in [9.17, 15) is 27.6 Å². The molecule has 5 rings (SSSR count). The molecule has 0 atom stereocenters. The predicted molar refractivity (Wildman–Crippen MR) is 188 cm³/mol. The number of nitrogens with zero attached hydrogens (tertiary/aromatic N) is 3. The van der Waals surface area contributed by atoms with E-state index in [2.05, 4.69) is 20.9 Å². The monoisotopic (exact) mass is 724 g/mol. The van der Waals surface area contributed by atoms with Crippen molar-refractivity contribution in [3.05, 3.63) is 101 Å². The molecule has 1 aliphatic rings. The summed E-state index contributed by atoms with van der Waals surface area (Å²) in [6, 6.07) is 18.2. The first-order valence-corrected chi connectivity index (χ1v) is 16.0. The molecule has 2 aromatic heterocycles. The number of carboxylic acid groups (broad SMARTS) is 1. The molecule has 4 N–H and O–H groups in total. The lowest BCUT2D eigenvalue weighted by Gasteiger charge is -2.26. The van der Waals surface area contributed by atoms with E-state index in [0.29, 0.717) is 48.1 Å². The molecule has 1 saturated heterocycles. The van der Waals surface area contributed by atoms with Gasteiger partial charge >= 0.3 is 12.1 Å². The molecule has 13 nitrogen and oxygen atoms in total. The number of morpholine rings is 1. The lowest BCUT2D eigenvalue weighted by Crippen LogP contribution is -2.41. The molecule has 52 heavy (non-hydrogen) atoms. The van der Waals surface area contributed by atoms with Crippen molar-refractivity contribution in [1.82, 2.24) is 19.4 Å². The number of carbonyl (C=O) groups is 4. The molecule has 3 heterocycles. The van der Waals surface area contributed by atoms with Crippen molar-refractivity contribution in [3.63, 3.8) is 0 Å². The third kappa shape index (κ3) is 11.3. The van der Waals surface area contributed by atoms with Crippen LogP contribution in [0.4, 0.5) is 24.5 Å². The van der Waals surface area contributed by atoms with Crippen molar-refractivity contribution >= 4 is 47.2 Å². The highest BCUT2D eigenvalue weighted by Crippen LogP contribution is 2.20. The number of nitrogens with one attached hydrogen (secondary N) is 3. The third-order valence-corrected chi connectivity index (χ3v) is 7.79. The number of amides is 3. The third-order valence-electron chi connectivity index (χ3n) is 7.79. The molecular weight excluding hydrogens is 685 g/mol. The quantitative estimate of drug-likeness (QED) is 0.162. The summed E-state index contributed by atoms with van der Waals surface area (Å²) < 4.78 is 45.7. The van der Waals surface area contributed by atoms with E-state index in [-0.39, 0.29) is 17.7 Å². The van der Waals surface area contributed by atoms with E-state index in [0.717, 1.165) is 36.5 Å². The van der Waals surface area contributed by atoms with E-state index >= 15 is 0 Å². The van der Waals surface area contributed by atoms with Gasteiger partial charge in [-0.25, -0.2) is 4.79 Å². The summed E-state index contributed by atoms with van der Waals surface area (Å²) in [6.07, 6.45) is 2.23. The highest BCUT2D eigenvalue weighted by molar-refractivity contribution is 6.07. The smallest absolute Gasteiger partial charge is 0.490 e. The summed E-state index contributed by atoms with van der Waals surface area (Å²) in [7, 11) is 5.12. The summed E-state index contributed by atoms with van der Waals surface area (Å²) in [6.45, 7) is 4.42. The van der Waals surface area contributed by atoms with Crippen molar-refractivity contribution in [3.8, 4) is 5.75 Å². The molecular formula is C36H39F3N6O7. The summed E-state index contributed by atoms with van der Waals surface area (Å²) in [4.78, 5) is 49.9. The van der Waals surface area contributed by atoms with E-state index in [1.54, 1.807) is 67.0 Å². The Hall–Kier alpha value is -5.87. The van der Waals surface area contributed by atoms with Crippen LogP contribution in [0.25, 0.3) is 12.2 Å². The van der Waals surface area contributed by atoms with Gasteiger partial charge in [0.1, 0.15) is 17.1 Å². The second-order valence-electron chi connectivity index (χ2n) is 11.6. The largest absolute Gasteiger partial charge is 0.497 e. The summed E-state index contributed by atoms with van der Waals surface area (Å²) in [5.74, 6) is -2.84. The molecule has 2 aromatic carbocycles. The summed E-state index contributed by atoms with van der Waals surface area (Å²) in [5.41, 5.74) is 4.22. The number of aliphatic carboxylic acids is 1. The fourth-order valence-electron chi connectivity index (χ4n) is 5.04. The number of anilines is 2. The first-order valence-electron chi connectivity index (χ1n) is 16.0. The molecule has 276 valence electrons. The number of aryl methyl sites for hydroxylation is 2. The number of hydrogen-bond acceptors (Lipinski definition) is 7. The number of carbonyl (C=O) groups excluding carboxylic acids is 3. The van der Waals surface area contributed by atoms with E-state index in [1.165, 1.54) is 0 Å². The van der Waals surface area contributed by atoms with Gasteiger partial charge in [0.15, 0.2) is 0 Å². The normalized spacial score (nSPS) is 13.2. The molecule has 4 aromatic rings. The molecule has 1 aliphatic heterocycles. The second kappa shape index (κ2) is 17.9. The Kier molecular flexibility index (Phi) is 13.4. The van der Waals surface area contributed by atoms with Crippen LogP contribution in [0, 0.1) is 0 Å². The SMILES string of the molecule is COc1cccc(/C=C/c2ccc(C(=O)Nc3cc(C(=O)Nc4cc(C(=O)NCCN5CCOCC5)n(C)c4)n(C)c3)cc2)c1.O=C(O)C(F)(F)F. The molecule has 0 bridgehead atoms. The van der Waals surface area contributed by atoms with Gasteiger partial charge in [-0.2, -0.15) is 13.2 Å². The minimum Gasteiger partial charge on any atom is -0.497 e. The topological polar surface area (TPSA) is 156 Å². The lowest BCUT2D eigenvalue weighted by molar-refractivity contribution is -0.192. The van der Waals surface area contributed by atoms with Gasteiger partial charge in [0.05, 0.1) is 31.7 Å². The average Bonchev–Trinajstić information content (AvgIpc) is 3.68. The van der Waals surface area contributed by atoms with E-state index < -0.39 is 12.1 Å². The maximum Gasteiger partial charge on any atom is 0.490 e. The van der Waals surface area contributed by atoms with E-state index in [1.807, 2.05) is 48.6 Å². The molecule has 0 radical (unpaired) electrons. The zero-order chi connectivity index (χ0) is 37.8. The van der Waals surface area contributed by atoms with Crippen molar-refractivity contribution in [2.75, 3.05) is 57.1 Å². The van der Waals surface area contributed by atoms with E-state index in [4.69, 9.17) is 19.4 Å². The maximum absolute atomic E-state index is 13.1. The number of ether oxygens (including phenoxy) is 2. The second-order valence-corrected chi connectivity index (χ2v) is 11.6. The van der Waals surface area contributed by atoms with Crippen LogP contribution in [0.3, 0.4) is 0 Å². The maximum atomic E-state index is 13.1. The fraction of sp³-hybridized carbons (Fsp3) is 0.278. The van der Waals surface area contributed by atoms with Crippen LogP contribution in [-0.4, -0.2) is 95.5 Å². The van der Waals surface area contributed by atoms with Gasteiger partial charge in [-0.15, -0.1) is 0 Å². The highest BCUT2D eigenvalue weighted by Gasteiger charge is 2.38. The van der Waals surface area contributed by atoms with Crippen LogP contribution in [0.15, 0.2) is 73.1 Å². The number of methoxy groups -OCH3 is 1. The Morgan fingerprint density at radius 1 is 0.827 bits per heavy atom. The van der Waals surface area contributed by atoms with Gasteiger partial charge < -0.3 is 39.7 Å². The Bertz CT molecular complexity index is 1890. The van der Waals surface area contributed by atoms with Gasteiger partial charge in [-0.1, -0.05) is 36.4 Å². The number of rotatable bonds is 11. The van der Waals surface area contributed by atoms with Gasteiger partial charge in [0.25, 0.3) is 17.7 Å². The molecule has 0 saturated carbocycles. The summed E-state index contributed by atoms with van der Waals surface area (Å²) in [5, 5.41) is 15.8. The Labute approximate surface area is 297 Å². The van der Waals surface area contributed by atoms with Crippen LogP contribution in [0.2, 0.25) is 0 Å². The van der Waals surface area contributed by atoms with Crippen LogP contribution in [-0.2, 0) is 23.6 Å². The number of hydrogen-bond donors (Lipinski definition) is 4. The molecule has 3 amide bonds. The van der Waals surface area contributed by atoms with Crippen molar-refractivity contribution in [2.45, 2.75) is 6.18 Å². The number of aromatic nitrogens is 2. The number of alkyl halides is 3. The van der Waals surface area contributed by atoms with Crippen LogP contribution < -0.4 is 20.7 Å². The van der Waals surface area contributed by atoms with Gasteiger partial charge in [-0.3, -0.25) is 19.3 Å². The number of halogens is 3. The standard InChI is InChI=1S/C34H38N6O5.C2HF3O2/c1-38-23-28(20-30(38)33(42)35-13-14-40-15-17-45-18-16-40)37-34(43)31-21-27(22-39(31)2)36-32(41)26-11-9-24(10-12-26)7-8-25-5-4-6-29(19-25)44-3;3-2(4,5)1(6)7/h4-12,19-23H,13-18H2,1-3H3,(H,35,42)(H,36,41)(H,37,43);(H,6,7)/b8-7+;. The number of carboxylic acids is 1. The van der Waals surface area contributed by atoms with Crippen LogP contribution >= 0.6 is 0 Å². The fourth-order valence-corrected chi connectivity index (χ4v) is 5.04. The minimum atomic E-state index is -5.08. The van der Waals surface area contributed by atoms with Crippen LogP contribution in [0.5, 0.6) is 5.75 Å².